The van der Waals surface area contributed by atoms with Crippen LogP contribution < -0.4 is 0 Å². The van der Waals surface area contributed by atoms with Gasteiger partial charge in [-0.25, -0.2) is 0 Å². The van der Waals surface area contributed by atoms with Crippen molar-refractivity contribution in [2.45, 2.75) is 0 Å². The Balaban J connectivity index is 1.17. The van der Waals surface area contributed by atoms with E-state index < -0.39 is 0 Å². The SMILES string of the molecule is c1cc(-c2cccc3c2sc2ccccc23)c(-c2nc(-n3c4ccccc4c4ccccc43)nc(-n3c4ccccc4c4ccccc43)n2)c(-n2c3ccccc3c3ccccc32)c1. The highest BCUT2D eigenvalue weighted by Crippen LogP contribution is 2.46. The fraction of sp³-hybridized carbons (Fsp3) is 0. The second-order valence-electron chi connectivity index (χ2n) is 16.3. The van der Waals surface area contributed by atoms with Crippen LogP contribution in [0.5, 0.6) is 0 Å². The van der Waals surface area contributed by atoms with Crippen molar-refractivity contribution in [2.75, 3.05) is 0 Å². The molecule has 0 amide bonds. The summed E-state index contributed by atoms with van der Waals surface area (Å²) in [6, 6.07) is 73.6. The van der Waals surface area contributed by atoms with Gasteiger partial charge >= 0.3 is 0 Å². The van der Waals surface area contributed by atoms with E-state index in [1.165, 1.54) is 30.9 Å². The van der Waals surface area contributed by atoms with Crippen molar-refractivity contribution < 1.29 is 0 Å². The molecule has 9 aromatic carbocycles. The van der Waals surface area contributed by atoms with Crippen molar-refractivity contribution >= 4 is 96.9 Å². The Morgan fingerprint density at radius 1 is 0.297 bits per heavy atom. The summed E-state index contributed by atoms with van der Waals surface area (Å²) in [4.78, 5) is 16.9. The number of benzene rings is 9. The van der Waals surface area contributed by atoms with Gasteiger partial charge in [0, 0.05) is 58.1 Å². The Kier molecular flexibility index (Phi) is 7.46. The largest absolute Gasteiger partial charge is 0.308 e. The molecule has 298 valence electrons. The first-order valence-corrected chi connectivity index (χ1v) is 22.4. The smallest absolute Gasteiger partial charge is 0.240 e. The molecule has 0 aliphatic rings. The molecule has 14 aromatic rings. The van der Waals surface area contributed by atoms with Gasteiger partial charge in [-0.15, -0.1) is 11.3 Å². The first-order chi connectivity index (χ1) is 31.8. The molecule has 0 fully saturated rings. The van der Waals surface area contributed by atoms with Gasteiger partial charge in [-0.05, 0) is 54.1 Å². The van der Waals surface area contributed by atoms with E-state index >= 15 is 0 Å². The topological polar surface area (TPSA) is 53.5 Å². The lowest BCUT2D eigenvalue weighted by Crippen LogP contribution is -2.11. The summed E-state index contributed by atoms with van der Waals surface area (Å²) in [6.07, 6.45) is 0. The molecule has 0 atom stereocenters. The predicted molar refractivity (Wildman–Crippen MR) is 267 cm³/mol. The number of hydrogen-bond donors (Lipinski definition) is 0. The Labute approximate surface area is 370 Å². The fourth-order valence-electron chi connectivity index (χ4n) is 10.3. The van der Waals surface area contributed by atoms with E-state index in [2.05, 4.69) is 220 Å². The van der Waals surface area contributed by atoms with Crippen LogP contribution in [0.1, 0.15) is 0 Å². The third-order valence-electron chi connectivity index (χ3n) is 13.0. The molecule has 5 aromatic heterocycles. The number of fused-ring (bicyclic) bond motifs is 12. The number of hydrogen-bond acceptors (Lipinski definition) is 4. The average Bonchev–Trinajstić information content (AvgIpc) is 4.10. The van der Waals surface area contributed by atoms with Crippen molar-refractivity contribution in [2.24, 2.45) is 0 Å². The molecule has 7 heteroatoms. The molecular formula is C57H34N6S. The highest BCUT2D eigenvalue weighted by atomic mass is 32.1. The molecule has 5 heterocycles. The summed E-state index contributed by atoms with van der Waals surface area (Å²) in [5.74, 6) is 1.67. The first kappa shape index (κ1) is 35.2. The minimum Gasteiger partial charge on any atom is -0.308 e. The maximum absolute atomic E-state index is 5.67. The van der Waals surface area contributed by atoms with Crippen molar-refractivity contribution in [3.05, 3.63) is 206 Å². The number of aromatic nitrogens is 6. The standard InChI is InChI=1S/C57H34N6S/c1-8-27-45-35(17-1)36-18-2-9-28-46(36)61(45)51-33-16-24-42(44-26-15-25-43-41-23-7-14-34-52(41)64-54(43)44)53(51)55-58-56(62-47-29-10-3-19-37(47)38-20-4-11-30-48(38)62)60-57(59-55)63-49-31-12-5-21-39(49)40-22-6-13-32-50(40)63/h1-34H. The Morgan fingerprint density at radius 3 is 1.16 bits per heavy atom. The molecule has 0 saturated carbocycles. The summed E-state index contributed by atoms with van der Waals surface area (Å²) >= 11 is 1.84. The molecule has 0 radical (unpaired) electrons. The molecule has 6 nitrogen and oxygen atoms in total. The van der Waals surface area contributed by atoms with Crippen LogP contribution in [0, 0.1) is 0 Å². The van der Waals surface area contributed by atoms with E-state index in [4.69, 9.17) is 15.0 Å². The maximum Gasteiger partial charge on any atom is 0.240 e. The molecule has 14 rings (SSSR count). The van der Waals surface area contributed by atoms with Crippen LogP contribution in [-0.2, 0) is 0 Å². The quantitative estimate of drug-likeness (QED) is 0.174. The van der Waals surface area contributed by atoms with E-state index in [1.807, 2.05) is 11.3 Å². The van der Waals surface area contributed by atoms with Gasteiger partial charge in [0.1, 0.15) is 0 Å². The normalized spacial score (nSPS) is 12.1. The Hall–Kier alpha value is -8.39. The van der Waals surface area contributed by atoms with Gasteiger partial charge in [0.25, 0.3) is 0 Å². The van der Waals surface area contributed by atoms with E-state index in [0.29, 0.717) is 17.7 Å². The van der Waals surface area contributed by atoms with Crippen LogP contribution in [0.4, 0.5) is 0 Å². The van der Waals surface area contributed by atoms with Gasteiger partial charge in [-0.2, -0.15) is 15.0 Å². The second kappa shape index (κ2) is 13.6. The molecule has 0 N–H and O–H groups in total. The van der Waals surface area contributed by atoms with Gasteiger partial charge in [0.05, 0.1) is 44.4 Å². The zero-order valence-corrected chi connectivity index (χ0v) is 35.0. The first-order valence-electron chi connectivity index (χ1n) is 21.5. The van der Waals surface area contributed by atoms with Crippen LogP contribution in [0.3, 0.4) is 0 Å². The molecule has 0 bridgehead atoms. The lowest BCUT2D eigenvalue weighted by molar-refractivity contribution is 0.892. The van der Waals surface area contributed by atoms with Crippen molar-refractivity contribution in [3.8, 4) is 40.1 Å². The summed E-state index contributed by atoms with van der Waals surface area (Å²) < 4.78 is 9.31. The monoisotopic (exact) mass is 834 g/mol. The number of rotatable bonds is 5. The minimum atomic E-state index is 0.544. The van der Waals surface area contributed by atoms with Crippen LogP contribution in [-0.4, -0.2) is 28.7 Å². The van der Waals surface area contributed by atoms with Gasteiger partial charge in [0.2, 0.25) is 11.9 Å². The molecule has 64 heavy (non-hydrogen) atoms. The van der Waals surface area contributed by atoms with Gasteiger partial charge in [-0.1, -0.05) is 158 Å². The maximum atomic E-state index is 5.67. The minimum absolute atomic E-state index is 0.544. The average molecular weight is 835 g/mol. The van der Waals surface area contributed by atoms with Gasteiger partial charge in [0.15, 0.2) is 5.82 Å². The molecule has 0 aliphatic carbocycles. The summed E-state index contributed by atoms with van der Waals surface area (Å²) in [6.45, 7) is 0. The fourth-order valence-corrected chi connectivity index (χ4v) is 11.5. The summed E-state index contributed by atoms with van der Waals surface area (Å²) in [5, 5.41) is 9.43. The highest BCUT2D eigenvalue weighted by Gasteiger charge is 2.26. The van der Waals surface area contributed by atoms with Gasteiger partial charge in [-0.3, -0.25) is 9.13 Å². The van der Waals surface area contributed by atoms with Crippen molar-refractivity contribution in [1.29, 1.82) is 0 Å². The van der Waals surface area contributed by atoms with Crippen LogP contribution in [0.15, 0.2) is 206 Å². The molecule has 0 aliphatic heterocycles. The molecule has 0 unspecified atom stereocenters. The Bertz CT molecular complexity index is 3930. The van der Waals surface area contributed by atoms with Crippen LogP contribution in [0.25, 0.3) is 126 Å². The highest BCUT2D eigenvalue weighted by molar-refractivity contribution is 7.26. The van der Waals surface area contributed by atoms with E-state index in [1.54, 1.807) is 0 Å². The third kappa shape index (κ3) is 4.98. The number of thiophene rings is 1. The van der Waals surface area contributed by atoms with Crippen molar-refractivity contribution in [1.82, 2.24) is 28.7 Å². The van der Waals surface area contributed by atoms with E-state index in [0.717, 1.165) is 77.0 Å². The molecule has 0 spiro atoms. The summed E-state index contributed by atoms with van der Waals surface area (Å²) in [7, 11) is 0. The second-order valence-corrected chi connectivity index (χ2v) is 17.4. The lowest BCUT2D eigenvalue weighted by Gasteiger charge is -2.19. The zero-order chi connectivity index (χ0) is 41.9. The number of nitrogens with zero attached hydrogens (tertiary/aromatic N) is 6. The van der Waals surface area contributed by atoms with Crippen LogP contribution >= 0.6 is 11.3 Å². The molecule has 0 saturated heterocycles. The van der Waals surface area contributed by atoms with E-state index in [9.17, 15) is 0 Å². The van der Waals surface area contributed by atoms with Crippen LogP contribution in [0.2, 0.25) is 0 Å². The lowest BCUT2D eigenvalue weighted by atomic mass is 9.95. The zero-order valence-electron chi connectivity index (χ0n) is 34.2. The van der Waals surface area contributed by atoms with Gasteiger partial charge < -0.3 is 4.57 Å². The Morgan fingerprint density at radius 2 is 0.672 bits per heavy atom. The molecular weight excluding hydrogens is 801 g/mol. The van der Waals surface area contributed by atoms with E-state index in [-0.39, 0.29) is 0 Å². The predicted octanol–water partition coefficient (Wildman–Crippen LogP) is 14.9. The van der Waals surface area contributed by atoms with Crippen molar-refractivity contribution in [3.63, 3.8) is 0 Å². The number of para-hydroxylation sites is 6. The third-order valence-corrected chi connectivity index (χ3v) is 14.2. The summed E-state index contributed by atoms with van der Waals surface area (Å²) in [5.41, 5.74) is 10.4.